The second-order valence-electron chi connectivity index (χ2n) is 6.99. The molecule has 0 radical (unpaired) electrons. The van der Waals surface area contributed by atoms with E-state index in [-0.39, 0.29) is 25.7 Å². The van der Waals surface area contributed by atoms with Crippen LogP contribution in [0.25, 0.3) is 0 Å². The second kappa shape index (κ2) is 13.1. The first kappa shape index (κ1) is 27.7. The van der Waals surface area contributed by atoms with E-state index in [9.17, 15) is 33.9 Å². The largest absolute Gasteiger partial charge is 0.480 e. The maximum atomic E-state index is 12.6. The van der Waals surface area contributed by atoms with Gasteiger partial charge in [-0.05, 0) is 26.7 Å². The molecule has 31 heavy (non-hydrogen) atoms. The molecule has 0 saturated heterocycles. The van der Waals surface area contributed by atoms with E-state index in [1.807, 2.05) is 0 Å². The van der Waals surface area contributed by atoms with Crippen LogP contribution in [0.3, 0.4) is 0 Å². The molecule has 176 valence electrons. The van der Waals surface area contributed by atoms with Gasteiger partial charge in [0, 0.05) is 12.8 Å². The fourth-order valence-electron chi connectivity index (χ4n) is 2.33. The Balaban J connectivity index is 5.53. The summed E-state index contributed by atoms with van der Waals surface area (Å²) in [5.41, 5.74) is 15.6. The van der Waals surface area contributed by atoms with Gasteiger partial charge in [0.2, 0.25) is 29.5 Å². The zero-order chi connectivity index (χ0) is 24.3. The van der Waals surface area contributed by atoms with Gasteiger partial charge in [0.25, 0.3) is 0 Å². The van der Waals surface area contributed by atoms with Gasteiger partial charge in [0.15, 0.2) is 6.04 Å². The Hall–Kier alpha value is -3.26. The molecule has 0 rings (SSSR count). The minimum Gasteiger partial charge on any atom is -0.480 e. The standard InChI is InChI=1S/C17H30N6O8/c1-7(18)14(27)21-9(3-5-11(19)25)15(28)22-10(4-6-12(20)26)16(29)23-13(8(2)24)17(30)31/h7-10,13,24H,3-6,18H2,1-2H3,(H2,19,25)(H2,20,26)(H,21,27)(H,22,28)(H,23,29)(H,30,31). The first-order chi connectivity index (χ1) is 14.3. The number of hydrogen-bond donors (Lipinski definition) is 8. The number of carboxylic acid groups (broad SMARTS) is 1. The number of amides is 5. The van der Waals surface area contributed by atoms with Crippen LogP contribution in [0.4, 0.5) is 0 Å². The number of carbonyl (C=O) groups excluding carboxylic acids is 5. The average molecular weight is 446 g/mol. The van der Waals surface area contributed by atoms with Gasteiger partial charge in [-0.25, -0.2) is 4.79 Å². The van der Waals surface area contributed by atoms with Crippen molar-refractivity contribution in [2.75, 3.05) is 0 Å². The molecule has 0 aliphatic rings. The van der Waals surface area contributed by atoms with Crippen LogP contribution in [0.5, 0.6) is 0 Å². The molecule has 0 fully saturated rings. The highest BCUT2D eigenvalue weighted by atomic mass is 16.4. The zero-order valence-corrected chi connectivity index (χ0v) is 17.3. The Morgan fingerprint density at radius 2 is 1.16 bits per heavy atom. The summed E-state index contributed by atoms with van der Waals surface area (Å²) in [6.45, 7) is 2.50. The number of carbonyl (C=O) groups is 6. The monoisotopic (exact) mass is 446 g/mol. The molecule has 0 aliphatic heterocycles. The molecule has 11 N–H and O–H groups in total. The van der Waals surface area contributed by atoms with Crippen LogP contribution in [0.15, 0.2) is 0 Å². The lowest BCUT2D eigenvalue weighted by atomic mass is 10.1. The predicted molar refractivity (Wildman–Crippen MR) is 106 cm³/mol. The third-order valence-corrected chi connectivity index (χ3v) is 4.08. The number of aliphatic carboxylic acids is 1. The van der Waals surface area contributed by atoms with E-state index in [2.05, 4.69) is 16.0 Å². The van der Waals surface area contributed by atoms with Crippen molar-refractivity contribution in [2.24, 2.45) is 17.2 Å². The zero-order valence-electron chi connectivity index (χ0n) is 17.3. The van der Waals surface area contributed by atoms with E-state index in [0.717, 1.165) is 6.92 Å². The van der Waals surface area contributed by atoms with Crippen molar-refractivity contribution < 1.29 is 39.0 Å². The van der Waals surface area contributed by atoms with Gasteiger partial charge in [0.1, 0.15) is 12.1 Å². The number of rotatable bonds is 14. The molecule has 0 aliphatic carbocycles. The van der Waals surface area contributed by atoms with E-state index in [1.165, 1.54) is 6.92 Å². The topological polar surface area (TPSA) is 257 Å². The summed E-state index contributed by atoms with van der Waals surface area (Å²) in [5, 5.41) is 25.3. The number of aliphatic hydroxyl groups is 1. The molecular formula is C17H30N6O8. The van der Waals surface area contributed by atoms with Crippen molar-refractivity contribution in [3.63, 3.8) is 0 Å². The van der Waals surface area contributed by atoms with Crippen LogP contribution in [0.1, 0.15) is 39.5 Å². The number of carboxylic acids is 1. The van der Waals surface area contributed by atoms with Crippen LogP contribution in [0.2, 0.25) is 0 Å². The lowest BCUT2D eigenvalue weighted by molar-refractivity contribution is -0.145. The predicted octanol–water partition coefficient (Wildman–Crippen LogP) is -4.22. The van der Waals surface area contributed by atoms with Crippen LogP contribution in [-0.4, -0.2) is 76.0 Å². The highest BCUT2D eigenvalue weighted by Gasteiger charge is 2.31. The van der Waals surface area contributed by atoms with Gasteiger partial charge in [-0.2, -0.15) is 0 Å². The number of primary amides is 2. The minimum atomic E-state index is -1.68. The second-order valence-corrected chi connectivity index (χ2v) is 6.99. The molecule has 14 heteroatoms. The van der Waals surface area contributed by atoms with Crippen molar-refractivity contribution in [3.05, 3.63) is 0 Å². The lowest BCUT2D eigenvalue weighted by Gasteiger charge is -2.25. The van der Waals surface area contributed by atoms with Gasteiger partial charge in [-0.1, -0.05) is 0 Å². The lowest BCUT2D eigenvalue weighted by Crippen LogP contribution is -2.58. The quantitative estimate of drug-likeness (QED) is 0.128. The SMILES string of the molecule is CC(N)C(=O)NC(CCC(N)=O)C(=O)NC(CCC(N)=O)C(=O)NC(C(=O)O)C(C)O. The number of nitrogens with two attached hydrogens (primary N) is 3. The van der Waals surface area contributed by atoms with Crippen molar-refractivity contribution in [3.8, 4) is 0 Å². The summed E-state index contributed by atoms with van der Waals surface area (Å²) >= 11 is 0. The maximum Gasteiger partial charge on any atom is 0.328 e. The molecule has 0 bridgehead atoms. The fraction of sp³-hybridized carbons (Fsp3) is 0.647. The molecule has 0 aromatic carbocycles. The molecule has 5 unspecified atom stereocenters. The summed E-state index contributed by atoms with van der Waals surface area (Å²) in [6.07, 6.45) is -2.54. The normalized spacial score (nSPS) is 15.5. The molecule has 0 heterocycles. The van der Waals surface area contributed by atoms with Gasteiger partial charge in [0.05, 0.1) is 12.1 Å². The molecule has 0 spiro atoms. The molecule has 0 saturated carbocycles. The molecule has 0 aromatic heterocycles. The van der Waals surface area contributed by atoms with E-state index in [1.54, 1.807) is 0 Å². The summed E-state index contributed by atoms with van der Waals surface area (Å²) in [6, 6.07) is -5.37. The van der Waals surface area contributed by atoms with Crippen LogP contribution in [-0.2, 0) is 28.8 Å². The van der Waals surface area contributed by atoms with Gasteiger partial charge < -0.3 is 43.4 Å². The fourth-order valence-corrected chi connectivity index (χ4v) is 2.33. The maximum absolute atomic E-state index is 12.6. The van der Waals surface area contributed by atoms with Gasteiger partial charge in [-0.15, -0.1) is 0 Å². The van der Waals surface area contributed by atoms with Crippen molar-refractivity contribution >= 4 is 35.5 Å². The summed E-state index contributed by atoms with van der Waals surface area (Å²) in [7, 11) is 0. The van der Waals surface area contributed by atoms with E-state index < -0.39 is 65.8 Å². The summed E-state index contributed by atoms with van der Waals surface area (Å²) in [4.78, 5) is 70.4. The first-order valence-corrected chi connectivity index (χ1v) is 9.40. The van der Waals surface area contributed by atoms with Crippen LogP contribution < -0.4 is 33.2 Å². The average Bonchev–Trinajstić information content (AvgIpc) is 2.64. The first-order valence-electron chi connectivity index (χ1n) is 9.40. The molecule has 5 atom stereocenters. The van der Waals surface area contributed by atoms with Gasteiger partial charge >= 0.3 is 5.97 Å². The van der Waals surface area contributed by atoms with Gasteiger partial charge in [-0.3, -0.25) is 24.0 Å². The van der Waals surface area contributed by atoms with Crippen LogP contribution >= 0.6 is 0 Å². The third kappa shape index (κ3) is 10.9. The Bertz CT molecular complexity index is 696. The number of hydrogen-bond acceptors (Lipinski definition) is 8. The Kier molecular flexibility index (Phi) is 11.7. The number of nitrogens with one attached hydrogen (secondary N) is 3. The highest BCUT2D eigenvalue weighted by Crippen LogP contribution is 2.04. The summed E-state index contributed by atoms with van der Waals surface area (Å²) < 4.78 is 0. The number of aliphatic hydroxyl groups excluding tert-OH is 1. The van der Waals surface area contributed by atoms with Crippen LogP contribution in [0, 0.1) is 0 Å². The molecule has 14 nitrogen and oxygen atoms in total. The third-order valence-electron chi connectivity index (χ3n) is 4.08. The summed E-state index contributed by atoms with van der Waals surface area (Å²) in [5.74, 6) is -5.65. The molecule has 5 amide bonds. The van der Waals surface area contributed by atoms with Crippen molar-refractivity contribution in [1.82, 2.24) is 16.0 Å². The Morgan fingerprint density at radius 1 is 0.774 bits per heavy atom. The van der Waals surface area contributed by atoms with Crippen molar-refractivity contribution in [1.29, 1.82) is 0 Å². The van der Waals surface area contributed by atoms with E-state index in [0.29, 0.717) is 0 Å². The van der Waals surface area contributed by atoms with E-state index >= 15 is 0 Å². The Morgan fingerprint density at radius 3 is 1.48 bits per heavy atom. The minimum absolute atomic E-state index is 0.199. The molecular weight excluding hydrogens is 416 g/mol. The van der Waals surface area contributed by atoms with E-state index in [4.69, 9.17) is 22.3 Å². The molecule has 0 aromatic rings. The highest BCUT2D eigenvalue weighted by molar-refractivity contribution is 5.94. The Labute approximate surface area is 178 Å². The smallest absolute Gasteiger partial charge is 0.328 e. The van der Waals surface area contributed by atoms with Crippen molar-refractivity contribution in [2.45, 2.75) is 69.8 Å².